The van der Waals surface area contributed by atoms with Gasteiger partial charge in [-0.05, 0) is 55.4 Å². The third-order valence-corrected chi connectivity index (χ3v) is 5.06. The molecule has 0 unspecified atom stereocenters. The highest BCUT2D eigenvalue weighted by Crippen LogP contribution is 2.34. The van der Waals surface area contributed by atoms with E-state index < -0.39 is 0 Å². The van der Waals surface area contributed by atoms with E-state index in [4.69, 9.17) is 4.74 Å². The van der Waals surface area contributed by atoms with Crippen molar-refractivity contribution in [2.75, 3.05) is 13.1 Å². The number of rotatable bonds is 6. The fraction of sp³-hybridized carbons (Fsp3) is 0.238. The monoisotopic (exact) mass is 384 g/mol. The van der Waals surface area contributed by atoms with E-state index in [-0.39, 0.29) is 11.7 Å². The van der Waals surface area contributed by atoms with E-state index in [1.165, 1.54) is 23.9 Å². The van der Waals surface area contributed by atoms with Gasteiger partial charge in [0.2, 0.25) is 0 Å². The van der Waals surface area contributed by atoms with Crippen molar-refractivity contribution in [3.05, 3.63) is 70.4 Å². The van der Waals surface area contributed by atoms with E-state index in [9.17, 15) is 9.18 Å². The molecule has 0 spiro atoms. The number of likely N-dealkylation sites (N-methyl/N-ethyl adjacent to an activating group) is 1. The molecule has 0 aliphatic carbocycles. The Morgan fingerprint density at radius 1 is 1.15 bits per heavy atom. The quantitative estimate of drug-likeness (QED) is 0.677. The molecule has 2 aromatic carbocycles. The molecular weight excluding hydrogens is 363 g/mol. The van der Waals surface area contributed by atoms with E-state index >= 15 is 0 Å². The topological polar surface area (TPSA) is 41.9 Å². The summed E-state index contributed by atoms with van der Waals surface area (Å²) in [6.45, 7) is 5.44. The molecule has 27 heavy (non-hydrogen) atoms. The fourth-order valence-corrected chi connectivity index (χ4v) is 3.75. The van der Waals surface area contributed by atoms with E-state index in [2.05, 4.69) is 4.99 Å². The van der Waals surface area contributed by atoms with Crippen molar-refractivity contribution < 1.29 is 13.9 Å². The number of aliphatic imine (C=N–C) groups is 1. The molecule has 2 aromatic rings. The van der Waals surface area contributed by atoms with Gasteiger partial charge in [0, 0.05) is 18.7 Å². The number of thioether (sulfide) groups is 1. The molecule has 3 rings (SSSR count). The molecule has 0 radical (unpaired) electrons. The third-order valence-electron chi connectivity index (χ3n) is 4.01. The van der Waals surface area contributed by atoms with Gasteiger partial charge in [-0.2, -0.15) is 0 Å². The summed E-state index contributed by atoms with van der Waals surface area (Å²) in [6, 6.07) is 13.8. The molecule has 0 aromatic heterocycles. The lowest BCUT2D eigenvalue weighted by molar-refractivity contribution is -0.122. The van der Waals surface area contributed by atoms with Crippen LogP contribution in [0.2, 0.25) is 0 Å². The molecule has 140 valence electrons. The number of amidine groups is 1. The van der Waals surface area contributed by atoms with Gasteiger partial charge < -0.3 is 4.74 Å². The molecule has 0 atom stereocenters. The van der Waals surface area contributed by atoms with E-state index in [0.717, 1.165) is 16.3 Å². The highest BCUT2D eigenvalue weighted by molar-refractivity contribution is 8.18. The van der Waals surface area contributed by atoms with Crippen LogP contribution in [0.25, 0.3) is 6.08 Å². The van der Waals surface area contributed by atoms with Crippen molar-refractivity contribution in [2.24, 2.45) is 4.99 Å². The summed E-state index contributed by atoms with van der Waals surface area (Å²) in [6.07, 6.45) is 1.84. The average molecular weight is 384 g/mol. The van der Waals surface area contributed by atoms with Gasteiger partial charge in [0.15, 0.2) is 5.17 Å². The van der Waals surface area contributed by atoms with Crippen molar-refractivity contribution in [2.45, 2.75) is 20.5 Å². The molecule has 1 amide bonds. The first kappa shape index (κ1) is 19.2. The molecule has 4 nitrogen and oxygen atoms in total. The van der Waals surface area contributed by atoms with Crippen molar-refractivity contribution in [3.63, 3.8) is 0 Å². The standard InChI is InChI=1S/C21H21FN2O2S/c1-3-23-21-24(4-2)20(25)19(27-21)13-16-7-5-6-8-18(16)26-14-15-9-11-17(22)12-10-15/h5-13H,3-4,14H2,1-2H3. The van der Waals surface area contributed by atoms with Gasteiger partial charge in [-0.15, -0.1) is 0 Å². The zero-order valence-corrected chi connectivity index (χ0v) is 16.1. The molecule has 1 saturated heterocycles. The Labute approximate surface area is 162 Å². The second-order valence-corrected chi connectivity index (χ2v) is 6.88. The first-order valence-corrected chi connectivity index (χ1v) is 9.66. The van der Waals surface area contributed by atoms with Gasteiger partial charge >= 0.3 is 0 Å². The van der Waals surface area contributed by atoms with Crippen LogP contribution in [0, 0.1) is 5.82 Å². The van der Waals surface area contributed by atoms with E-state index in [1.54, 1.807) is 17.0 Å². The Hall–Kier alpha value is -2.60. The second kappa shape index (κ2) is 8.86. The van der Waals surface area contributed by atoms with Gasteiger partial charge in [-0.1, -0.05) is 30.3 Å². The first-order valence-electron chi connectivity index (χ1n) is 8.84. The van der Waals surface area contributed by atoms with Crippen LogP contribution >= 0.6 is 11.8 Å². The number of hydrogen-bond donors (Lipinski definition) is 0. The summed E-state index contributed by atoms with van der Waals surface area (Å²) in [5, 5.41) is 0.737. The zero-order chi connectivity index (χ0) is 19.2. The van der Waals surface area contributed by atoms with Gasteiger partial charge in [-0.3, -0.25) is 14.7 Å². The van der Waals surface area contributed by atoms with E-state index in [1.807, 2.05) is 44.2 Å². The number of nitrogens with zero attached hydrogens (tertiary/aromatic N) is 2. The van der Waals surface area contributed by atoms with Gasteiger partial charge in [0.1, 0.15) is 18.2 Å². The summed E-state index contributed by atoms with van der Waals surface area (Å²) in [7, 11) is 0. The van der Waals surface area contributed by atoms with Crippen LogP contribution in [-0.4, -0.2) is 29.1 Å². The predicted octanol–water partition coefficient (Wildman–Crippen LogP) is 4.72. The van der Waals surface area contributed by atoms with Gasteiger partial charge in [0.25, 0.3) is 5.91 Å². The predicted molar refractivity (Wildman–Crippen MR) is 108 cm³/mol. The minimum Gasteiger partial charge on any atom is -0.488 e. The lowest BCUT2D eigenvalue weighted by Crippen LogP contribution is -2.28. The van der Waals surface area contributed by atoms with Crippen molar-refractivity contribution in [1.82, 2.24) is 4.90 Å². The number of benzene rings is 2. The molecule has 1 fully saturated rings. The lowest BCUT2D eigenvalue weighted by atomic mass is 10.1. The Morgan fingerprint density at radius 3 is 2.59 bits per heavy atom. The molecule has 1 heterocycles. The molecule has 0 saturated carbocycles. The van der Waals surface area contributed by atoms with Crippen LogP contribution in [0.1, 0.15) is 25.0 Å². The number of halogens is 1. The van der Waals surface area contributed by atoms with Crippen LogP contribution in [0.15, 0.2) is 58.4 Å². The smallest absolute Gasteiger partial charge is 0.266 e. The summed E-state index contributed by atoms with van der Waals surface area (Å²) in [5.41, 5.74) is 1.70. The van der Waals surface area contributed by atoms with Crippen molar-refractivity contribution in [1.29, 1.82) is 0 Å². The SMILES string of the molecule is CCN=C1SC(=Cc2ccccc2OCc2ccc(F)cc2)C(=O)N1CC. The highest BCUT2D eigenvalue weighted by Gasteiger charge is 2.31. The third kappa shape index (κ3) is 4.57. The minimum absolute atomic E-state index is 0.0389. The number of carbonyl (C=O) groups excluding carboxylic acids is 1. The van der Waals surface area contributed by atoms with Crippen molar-refractivity contribution in [3.8, 4) is 5.75 Å². The Morgan fingerprint density at radius 2 is 1.89 bits per heavy atom. The number of carbonyl (C=O) groups is 1. The average Bonchev–Trinajstić information content (AvgIpc) is 2.97. The van der Waals surface area contributed by atoms with Crippen LogP contribution in [0.3, 0.4) is 0 Å². The maximum absolute atomic E-state index is 13.0. The Bertz CT molecular complexity index is 878. The molecule has 0 N–H and O–H groups in total. The largest absolute Gasteiger partial charge is 0.488 e. The molecule has 1 aliphatic heterocycles. The Balaban J connectivity index is 1.81. The maximum atomic E-state index is 13.0. The highest BCUT2D eigenvalue weighted by atomic mass is 32.2. The summed E-state index contributed by atoms with van der Waals surface area (Å²) < 4.78 is 18.9. The number of ether oxygens (including phenoxy) is 1. The Kier molecular flexibility index (Phi) is 6.29. The molecule has 0 bridgehead atoms. The number of hydrogen-bond acceptors (Lipinski definition) is 4. The number of para-hydroxylation sites is 1. The fourth-order valence-electron chi connectivity index (χ4n) is 2.65. The van der Waals surface area contributed by atoms with Crippen LogP contribution in [-0.2, 0) is 11.4 Å². The normalized spacial score (nSPS) is 17.1. The number of amides is 1. The molecule has 6 heteroatoms. The molecule has 1 aliphatic rings. The maximum Gasteiger partial charge on any atom is 0.266 e. The van der Waals surface area contributed by atoms with Gasteiger partial charge in [-0.25, -0.2) is 4.39 Å². The zero-order valence-electron chi connectivity index (χ0n) is 15.3. The summed E-state index contributed by atoms with van der Waals surface area (Å²) >= 11 is 1.39. The first-order chi connectivity index (χ1) is 13.1. The van der Waals surface area contributed by atoms with Crippen LogP contribution in [0.5, 0.6) is 5.75 Å². The molecular formula is C21H21FN2O2S. The van der Waals surface area contributed by atoms with Gasteiger partial charge in [0.05, 0.1) is 4.91 Å². The minimum atomic E-state index is -0.273. The second-order valence-electron chi connectivity index (χ2n) is 5.87. The summed E-state index contributed by atoms with van der Waals surface area (Å²) in [5.74, 6) is 0.361. The van der Waals surface area contributed by atoms with E-state index in [0.29, 0.717) is 30.4 Å². The lowest BCUT2D eigenvalue weighted by Gasteiger charge is -2.11. The summed E-state index contributed by atoms with van der Waals surface area (Å²) in [4.78, 5) is 19.3. The van der Waals surface area contributed by atoms with Crippen LogP contribution in [0.4, 0.5) is 4.39 Å². The van der Waals surface area contributed by atoms with Crippen LogP contribution < -0.4 is 4.74 Å². The van der Waals surface area contributed by atoms with Crippen molar-refractivity contribution >= 4 is 28.9 Å².